The van der Waals surface area contributed by atoms with Crippen LogP contribution in [0.25, 0.3) is 0 Å². The van der Waals surface area contributed by atoms with Crippen LogP contribution in [-0.4, -0.2) is 52.4 Å². The molecule has 0 atom stereocenters. The number of benzene rings is 2. The number of nitrogens with one attached hydrogen (secondary N) is 1. The molecule has 2 rings (SSSR count). The molecule has 0 radical (unpaired) electrons. The number of para-hydroxylation sites is 1. The Morgan fingerprint density at radius 1 is 1.10 bits per heavy atom. The van der Waals surface area contributed by atoms with Gasteiger partial charge in [-0.2, -0.15) is 4.31 Å². The van der Waals surface area contributed by atoms with Gasteiger partial charge >= 0.3 is 5.97 Å². The predicted molar refractivity (Wildman–Crippen MR) is 113 cm³/mol. The van der Waals surface area contributed by atoms with Crippen LogP contribution in [0.4, 0.5) is 5.69 Å². The van der Waals surface area contributed by atoms with E-state index >= 15 is 0 Å². The van der Waals surface area contributed by atoms with Crippen LogP contribution in [0.2, 0.25) is 0 Å². The van der Waals surface area contributed by atoms with Crippen LogP contribution >= 0.6 is 0 Å². The summed E-state index contributed by atoms with van der Waals surface area (Å²) in [6.45, 7) is 3.45. The first-order valence-corrected chi connectivity index (χ1v) is 10.7. The maximum absolute atomic E-state index is 13.1. The van der Waals surface area contributed by atoms with Crippen molar-refractivity contribution in [3.63, 3.8) is 0 Å². The SMILES string of the molecule is COC(=O)c1ccccc1NC(=O)CN(C)S(=O)(=O)c1cc(C(C)C)ccc1OC. The number of esters is 1. The van der Waals surface area contributed by atoms with Gasteiger partial charge < -0.3 is 14.8 Å². The highest BCUT2D eigenvalue weighted by molar-refractivity contribution is 7.89. The number of likely N-dealkylation sites (N-methyl/N-ethyl adjacent to an activating group) is 1. The molecule has 2 aromatic rings. The second-order valence-electron chi connectivity index (χ2n) is 6.91. The number of sulfonamides is 1. The van der Waals surface area contributed by atoms with E-state index in [9.17, 15) is 18.0 Å². The van der Waals surface area contributed by atoms with E-state index in [4.69, 9.17) is 9.47 Å². The van der Waals surface area contributed by atoms with Gasteiger partial charge in [0.2, 0.25) is 15.9 Å². The maximum Gasteiger partial charge on any atom is 0.339 e. The smallest absolute Gasteiger partial charge is 0.339 e. The molecule has 30 heavy (non-hydrogen) atoms. The van der Waals surface area contributed by atoms with Gasteiger partial charge in [-0.1, -0.05) is 32.0 Å². The normalized spacial score (nSPS) is 11.4. The van der Waals surface area contributed by atoms with Crippen molar-refractivity contribution < 1.29 is 27.5 Å². The summed E-state index contributed by atoms with van der Waals surface area (Å²) >= 11 is 0. The molecule has 1 amide bonds. The van der Waals surface area contributed by atoms with E-state index in [0.29, 0.717) is 0 Å². The average molecular weight is 435 g/mol. The van der Waals surface area contributed by atoms with Crippen LogP contribution in [0.5, 0.6) is 5.75 Å². The second kappa shape index (κ2) is 9.73. The molecule has 0 unspecified atom stereocenters. The van der Waals surface area contributed by atoms with Gasteiger partial charge in [0.05, 0.1) is 32.0 Å². The van der Waals surface area contributed by atoms with Gasteiger partial charge in [-0.25, -0.2) is 13.2 Å². The molecular weight excluding hydrogens is 408 g/mol. The van der Waals surface area contributed by atoms with E-state index in [2.05, 4.69) is 5.32 Å². The summed E-state index contributed by atoms with van der Waals surface area (Å²) in [4.78, 5) is 24.3. The molecule has 0 spiro atoms. The molecule has 0 aliphatic heterocycles. The summed E-state index contributed by atoms with van der Waals surface area (Å²) < 4.78 is 37.0. The highest BCUT2D eigenvalue weighted by Crippen LogP contribution is 2.30. The maximum atomic E-state index is 13.1. The fraction of sp³-hybridized carbons (Fsp3) is 0.333. The number of carbonyl (C=O) groups is 2. The molecular formula is C21H26N2O6S. The first-order chi connectivity index (χ1) is 14.1. The first kappa shape index (κ1) is 23.4. The van der Waals surface area contributed by atoms with Crippen LogP contribution in [-0.2, 0) is 19.6 Å². The number of ether oxygens (including phenoxy) is 2. The molecule has 1 N–H and O–H groups in total. The second-order valence-corrected chi connectivity index (χ2v) is 8.92. The van der Waals surface area contributed by atoms with E-state index in [1.54, 1.807) is 30.3 Å². The Kier molecular flexibility index (Phi) is 7.58. The zero-order valence-corrected chi connectivity index (χ0v) is 18.4. The van der Waals surface area contributed by atoms with E-state index in [-0.39, 0.29) is 27.8 Å². The third kappa shape index (κ3) is 5.17. The summed E-state index contributed by atoms with van der Waals surface area (Å²) in [6, 6.07) is 11.3. The highest BCUT2D eigenvalue weighted by Gasteiger charge is 2.27. The molecule has 0 aliphatic rings. The van der Waals surface area contributed by atoms with Gasteiger partial charge in [0.15, 0.2) is 0 Å². The Bertz CT molecular complexity index is 1030. The van der Waals surface area contributed by atoms with Crippen molar-refractivity contribution in [2.24, 2.45) is 0 Å². The van der Waals surface area contributed by atoms with E-state index < -0.39 is 28.4 Å². The van der Waals surface area contributed by atoms with E-state index in [1.165, 1.54) is 33.4 Å². The standard InChI is InChI=1S/C21H26N2O6S/c1-14(2)15-10-11-18(28-4)19(12-15)30(26,27)23(3)13-20(24)22-17-9-7-6-8-16(17)21(25)29-5/h6-12,14H,13H2,1-5H3,(H,22,24). The molecule has 0 heterocycles. The monoisotopic (exact) mass is 434 g/mol. The predicted octanol–water partition coefficient (Wildman–Crippen LogP) is 2.86. The number of carbonyl (C=O) groups excluding carboxylic acids is 2. The van der Waals surface area contributed by atoms with Crippen molar-refractivity contribution in [1.82, 2.24) is 4.31 Å². The van der Waals surface area contributed by atoms with Gasteiger partial charge in [-0.3, -0.25) is 4.79 Å². The third-order valence-corrected chi connectivity index (χ3v) is 6.34. The summed E-state index contributed by atoms with van der Waals surface area (Å²) in [5.74, 6) is -0.894. The molecule has 8 nitrogen and oxygen atoms in total. The Labute approximate surface area is 176 Å². The summed E-state index contributed by atoms with van der Waals surface area (Å²) in [7, 11) is -0.0674. The molecule has 0 bridgehead atoms. The Morgan fingerprint density at radius 2 is 1.77 bits per heavy atom. The topological polar surface area (TPSA) is 102 Å². The van der Waals surface area contributed by atoms with Crippen LogP contribution < -0.4 is 10.1 Å². The van der Waals surface area contributed by atoms with Crippen LogP contribution in [0.1, 0.15) is 35.7 Å². The molecule has 2 aromatic carbocycles. The average Bonchev–Trinajstić information content (AvgIpc) is 2.72. The van der Waals surface area contributed by atoms with Crippen LogP contribution in [0, 0.1) is 0 Å². The third-order valence-electron chi connectivity index (χ3n) is 4.52. The van der Waals surface area contributed by atoms with Gasteiger partial charge in [0.25, 0.3) is 0 Å². The minimum absolute atomic E-state index is 0.0125. The van der Waals surface area contributed by atoms with E-state index in [0.717, 1.165) is 9.87 Å². The number of anilines is 1. The number of hydrogen-bond donors (Lipinski definition) is 1. The molecule has 0 fully saturated rings. The molecule has 0 aliphatic carbocycles. The van der Waals surface area contributed by atoms with Crippen molar-refractivity contribution >= 4 is 27.6 Å². The number of hydrogen-bond acceptors (Lipinski definition) is 6. The van der Waals surface area contributed by atoms with Crippen molar-refractivity contribution in [2.75, 3.05) is 33.1 Å². The van der Waals surface area contributed by atoms with Gasteiger partial charge in [0.1, 0.15) is 10.6 Å². The Hall–Kier alpha value is -2.91. The zero-order chi connectivity index (χ0) is 22.5. The Balaban J connectivity index is 2.25. The highest BCUT2D eigenvalue weighted by atomic mass is 32.2. The lowest BCUT2D eigenvalue weighted by molar-refractivity contribution is -0.116. The number of amides is 1. The quantitative estimate of drug-likeness (QED) is 0.641. The first-order valence-electron chi connectivity index (χ1n) is 9.23. The van der Waals surface area contributed by atoms with Crippen molar-refractivity contribution in [1.29, 1.82) is 0 Å². The van der Waals surface area contributed by atoms with Crippen LogP contribution in [0.15, 0.2) is 47.4 Å². The van der Waals surface area contributed by atoms with Gasteiger partial charge in [0, 0.05) is 7.05 Å². The van der Waals surface area contributed by atoms with Crippen molar-refractivity contribution in [2.45, 2.75) is 24.7 Å². The zero-order valence-electron chi connectivity index (χ0n) is 17.6. The fourth-order valence-corrected chi connectivity index (χ4v) is 4.09. The number of rotatable bonds is 8. The van der Waals surface area contributed by atoms with Gasteiger partial charge in [-0.05, 0) is 35.7 Å². The van der Waals surface area contributed by atoms with Gasteiger partial charge in [-0.15, -0.1) is 0 Å². The lowest BCUT2D eigenvalue weighted by atomic mass is 10.0. The molecule has 162 valence electrons. The largest absolute Gasteiger partial charge is 0.495 e. The van der Waals surface area contributed by atoms with Crippen molar-refractivity contribution in [3.05, 3.63) is 53.6 Å². The van der Waals surface area contributed by atoms with E-state index in [1.807, 2.05) is 13.8 Å². The number of methoxy groups -OCH3 is 2. The lowest BCUT2D eigenvalue weighted by Crippen LogP contribution is -2.35. The summed E-state index contributed by atoms with van der Waals surface area (Å²) in [6.07, 6.45) is 0. The summed E-state index contributed by atoms with van der Waals surface area (Å²) in [5.41, 5.74) is 1.24. The molecule has 0 aromatic heterocycles. The fourth-order valence-electron chi connectivity index (χ4n) is 2.78. The minimum atomic E-state index is -4.00. The van der Waals surface area contributed by atoms with Crippen LogP contribution in [0.3, 0.4) is 0 Å². The minimum Gasteiger partial charge on any atom is -0.495 e. The molecule has 0 saturated heterocycles. The Morgan fingerprint density at radius 3 is 2.37 bits per heavy atom. The summed E-state index contributed by atoms with van der Waals surface area (Å²) in [5, 5.41) is 2.56. The number of nitrogens with zero attached hydrogens (tertiary/aromatic N) is 1. The lowest BCUT2D eigenvalue weighted by Gasteiger charge is -2.20. The molecule has 9 heteroatoms. The van der Waals surface area contributed by atoms with Crippen molar-refractivity contribution in [3.8, 4) is 5.75 Å². The molecule has 0 saturated carbocycles.